The van der Waals surface area contributed by atoms with Crippen molar-refractivity contribution < 1.29 is 18.0 Å². The van der Waals surface area contributed by atoms with Crippen LogP contribution in [0.15, 0.2) is 24.5 Å². The average molecular weight is 340 g/mol. The summed E-state index contributed by atoms with van der Waals surface area (Å²) in [7, 11) is 0. The van der Waals surface area contributed by atoms with Crippen LogP contribution >= 0.6 is 0 Å². The fraction of sp³-hybridized carbons (Fsp3) is 0.438. The number of likely N-dealkylation sites (N-methyl/N-ethyl adjacent to an activating group) is 1. The first-order valence-corrected chi connectivity index (χ1v) is 7.53. The lowest BCUT2D eigenvalue weighted by Gasteiger charge is -2.21. The number of nitrogens with zero attached hydrogens (tertiary/aromatic N) is 4. The molecular weight excluding hydrogens is 321 g/mol. The summed E-state index contributed by atoms with van der Waals surface area (Å²) in [5.74, 6) is -0.193. The highest BCUT2D eigenvalue weighted by atomic mass is 19.4. The highest BCUT2D eigenvalue weighted by Gasteiger charge is 2.30. The molecule has 1 amide bonds. The zero-order chi connectivity index (χ0) is 17.9. The van der Waals surface area contributed by atoms with Gasteiger partial charge in [0.05, 0.1) is 12.1 Å². The van der Waals surface area contributed by atoms with Gasteiger partial charge in [0.2, 0.25) is 5.91 Å². The van der Waals surface area contributed by atoms with Crippen LogP contribution in [0.3, 0.4) is 0 Å². The molecule has 2 heterocycles. The molecule has 130 valence electrons. The van der Waals surface area contributed by atoms with Crippen molar-refractivity contribution in [2.24, 2.45) is 0 Å². The van der Waals surface area contributed by atoms with Crippen molar-refractivity contribution in [3.05, 3.63) is 41.5 Å². The summed E-state index contributed by atoms with van der Waals surface area (Å²) in [5.41, 5.74) is 2.05. The zero-order valence-corrected chi connectivity index (χ0v) is 13.8. The minimum absolute atomic E-state index is 0.00564. The Bertz CT molecular complexity index is 710. The molecule has 0 saturated carbocycles. The normalized spacial score (nSPS) is 11.6. The number of aryl methyl sites for hydroxylation is 1. The van der Waals surface area contributed by atoms with Gasteiger partial charge in [0.25, 0.3) is 0 Å². The van der Waals surface area contributed by atoms with Crippen molar-refractivity contribution in [2.75, 3.05) is 11.4 Å². The molecule has 0 aliphatic carbocycles. The highest BCUT2D eigenvalue weighted by Crippen LogP contribution is 2.22. The van der Waals surface area contributed by atoms with Gasteiger partial charge in [-0.15, -0.1) is 0 Å². The number of hydrogen-bond acceptors (Lipinski definition) is 3. The van der Waals surface area contributed by atoms with E-state index in [1.165, 1.54) is 0 Å². The van der Waals surface area contributed by atoms with Gasteiger partial charge >= 0.3 is 6.18 Å². The van der Waals surface area contributed by atoms with Gasteiger partial charge in [0.15, 0.2) is 0 Å². The first-order chi connectivity index (χ1) is 11.2. The smallest absolute Gasteiger partial charge is 0.312 e. The van der Waals surface area contributed by atoms with Crippen LogP contribution in [0.5, 0.6) is 0 Å². The lowest BCUT2D eigenvalue weighted by Crippen LogP contribution is -2.32. The van der Waals surface area contributed by atoms with E-state index in [0.29, 0.717) is 29.2 Å². The van der Waals surface area contributed by atoms with Crippen LogP contribution in [0.4, 0.5) is 18.9 Å². The quantitative estimate of drug-likeness (QED) is 0.841. The molecule has 2 aromatic rings. The number of hydrogen-bond donors (Lipinski definition) is 0. The molecule has 0 aliphatic rings. The van der Waals surface area contributed by atoms with Gasteiger partial charge in [-0.1, -0.05) is 0 Å². The summed E-state index contributed by atoms with van der Waals surface area (Å²) >= 11 is 0. The Morgan fingerprint density at radius 1 is 1.25 bits per heavy atom. The van der Waals surface area contributed by atoms with E-state index in [4.69, 9.17) is 0 Å². The largest absolute Gasteiger partial charge is 0.408 e. The first kappa shape index (κ1) is 18.0. The van der Waals surface area contributed by atoms with Crippen molar-refractivity contribution in [3.8, 4) is 0 Å². The van der Waals surface area contributed by atoms with Crippen molar-refractivity contribution >= 4 is 11.6 Å². The van der Waals surface area contributed by atoms with Crippen molar-refractivity contribution in [2.45, 2.75) is 39.9 Å². The monoisotopic (exact) mass is 340 g/mol. The molecule has 0 fully saturated rings. The minimum atomic E-state index is -4.35. The second-order valence-electron chi connectivity index (χ2n) is 5.44. The summed E-state index contributed by atoms with van der Waals surface area (Å²) < 4.78 is 38.7. The van der Waals surface area contributed by atoms with Gasteiger partial charge < -0.3 is 4.90 Å². The molecule has 0 aromatic carbocycles. The van der Waals surface area contributed by atoms with Gasteiger partial charge in [-0.25, -0.2) is 0 Å². The first-order valence-electron chi connectivity index (χ1n) is 7.53. The molecule has 0 spiro atoms. The highest BCUT2D eigenvalue weighted by molar-refractivity contribution is 5.94. The molecule has 0 radical (unpaired) electrons. The third kappa shape index (κ3) is 4.12. The molecule has 0 aliphatic heterocycles. The maximum Gasteiger partial charge on any atom is 0.408 e. The topological polar surface area (TPSA) is 51.0 Å². The predicted octanol–water partition coefficient (Wildman–Crippen LogP) is 3.05. The Morgan fingerprint density at radius 3 is 2.42 bits per heavy atom. The second-order valence-corrected chi connectivity index (χ2v) is 5.44. The van der Waals surface area contributed by atoms with Gasteiger partial charge in [0, 0.05) is 35.9 Å². The average Bonchev–Trinajstić information content (AvgIpc) is 2.75. The van der Waals surface area contributed by atoms with Gasteiger partial charge in [-0.05, 0) is 32.9 Å². The van der Waals surface area contributed by atoms with Crippen LogP contribution in [0.25, 0.3) is 0 Å². The number of alkyl halides is 3. The van der Waals surface area contributed by atoms with E-state index in [1.807, 2.05) is 6.92 Å². The number of halogens is 3. The Balaban J connectivity index is 2.22. The van der Waals surface area contributed by atoms with Crippen LogP contribution in [-0.4, -0.2) is 33.4 Å². The van der Waals surface area contributed by atoms with Crippen LogP contribution in [-0.2, 0) is 17.8 Å². The van der Waals surface area contributed by atoms with E-state index in [-0.39, 0.29) is 12.3 Å². The van der Waals surface area contributed by atoms with Crippen LogP contribution < -0.4 is 4.90 Å². The van der Waals surface area contributed by atoms with Gasteiger partial charge in [-0.2, -0.15) is 18.3 Å². The van der Waals surface area contributed by atoms with Crippen molar-refractivity contribution in [3.63, 3.8) is 0 Å². The number of rotatable bonds is 5. The Labute approximate surface area is 138 Å². The van der Waals surface area contributed by atoms with Gasteiger partial charge in [0.1, 0.15) is 6.54 Å². The summed E-state index contributed by atoms with van der Waals surface area (Å²) in [4.78, 5) is 18.1. The number of carbonyl (C=O) groups excluding carboxylic acids is 1. The summed E-state index contributed by atoms with van der Waals surface area (Å²) in [6.45, 7) is 4.31. The maximum absolute atomic E-state index is 12.6. The van der Waals surface area contributed by atoms with Crippen LogP contribution in [0.2, 0.25) is 0 Å². The molecule has 24 heavy (non-hydrogen) atoms. The van der Waals surface area contributed by atoms with Crippen LogP contribution in [0, 0.1) is 13.8 Å². The third-order valence-corrected chi connectivity index (χ3v) is 3.78. The molecule has 0 unspecified atom stereocenters. The number of amides is 1. The second kappa shape index (κ2) is 7.02. The van der Waals surface area contributed by atoms with E-state index >= 15 is 0 Å². The lowest BCUT2D eigenvalue weighted by molar-refractivity contribution is -0.142. The van der Waals surface area contributed by atoms with Crippen molar-refractivity contribution in [1.82, 2.24) is 14.8 Å². The number of anilines is 1. The summed E-state index contributed by atoms with van der Waals surface area (Å²) in [6, 6.07) is 3.43. The molecule has 5 nitrogen and oxygen atoms in total. The number of carbonyl (C=O) groups is 1. The lowest BCUT2D eigenvalue weighted by atomic mass is 10.1. The van der Waals surface area contributed by atoms with E-state index in [0.717, 1.165) is 4.68 Å². The van der Waals surface area contributed by atoms with Gasteiger partial charge in [-0.3, -0.25) is 14.5 Å². The Kier molecular flexibility index (Phi) is 5.26. The molecule has 2 rings (SSSR count). The molecule has 2 aromatic heterocycles. The molecule has 8 heteroatoms. The van der Waals surface area contributed by atoms with E-state index in [2.05, 4.69) is 10.1 Å². The summed E-state index contributed by atoms with van der Waals surface area (Å²) in [6.07, 6.45) is -1.17. The summed E-state index contributed by atoms with van der Waals surface area (Å²) in [5, 5.41) is 3.92. The third-order valence-electron chi connectivity index (χ3n) is 3.78. The van der Waals surface area contributed by atoms with E-state index in [1.54, 1.807) is 43.3 Å². The fourth-order valence-electron chi connectivity index (χ4n) is 2.59. The molecule has 0 bridgehead atoms. The standard InChI is InChI=1S/C16H19F3N4O/c1-4-22(13-5-7-20-8-6-13)15(24)9-14-11(2)21-23(12(14)3)10-16(17,18)19/h5-8H,4,9-10H2,1-3H3. The zero-order valence-electron chi connectivity index (χ0n) is 13.8. The predicted molar refractivity (Wildman–Crippen MR) is 83.7 cm³/mol. The molecule has 0 saturated heterocycles. The SMILES string of the molecule is CCN(C(=O)Cc1c(C)nn(CC(F)(F)F)c1C)c1ccncc1. The molecule has 0 atom stereocenters. The van der Waals surface area contributed by atoms with Crippen molar-refractivity contribution in [1.29, 1.82) is 0 Å². The fourth-order valence-corrected chi connectivity index (χ4v) is 2.59. The number of pyridine rings is 1. The molecule has 0 N–H and O–H groups in total. The molecular formula is C16H19F3N4O. The Morgan fingerprint density at radius 2 is 1.88 bits per heavy atom. The van der Waals surface area contributed by atoms with E-state index < -0.39 is 12.7 Å². The van der Waals surface area contributed by atoms with Crippen LogP contribution in [0.1, 0.15) is 23.9 Å². The Hall–Kier alpha value is -2.38. The van der Waals surface area contributed by atoms with E-state index in [9.17, 15) is 18.0 Å². The maximum atomic E-state index is 12.6. The number of aromatic nitrogens is 3. The minimum Gasteiger partial charge on any atom is -0.312 e.